The van der Waals surface area contributed by atoms with E-state index in [2.05, 4.69) is 28.5 Å². The van der Waals surface area contributed by atoms with Crippen molar-refractivity contribution in [2.75, 3.05) is 7.11 Å². The molecule has 0 spiro atoms. The van der Waals surface area contributed by atoms with Gasteiger partial charge in [-0.3, -0.25) is 4.79 Å². The van der Waals surface area contributed by atoms with Gasteiger partial charge in [0, 0.05) is 36.0 Å². The van der Waals surface area contributed by atoms with E-state index in [0.29, 0.717) is 13.0 Å². The number of ether oxygens (including phenoxy) is 1. The van der Waals surface area contributed by atoms with E-state index >= 15 is 0 Å². The molecule has 2 N–H and O–H groups in total. The van der Waals surface area contributed by atoms with Crippen molar-refractivity contribution in [3.05, 3.63) is 102 Å². The predicted octanol–water partition coefficient (Wildman–Crippen LogP) is 5.01. The highest BCUT2D eigenvalue weighted by atomic mass is 16.5. The Bertz CT molecular complexity index is 1100. The average Bonchev–Trinajstić information content (AvgIpc) is 3.21. The predicted molar refractivity (Wildman–Crippen MR) is 116 cm³/mol. The van der Waals surface area contributed by atoms with Crippen LogP contribution in [0.3, 0.4) is 0 Å². The Morgan fingerprint density at radius 3 is 2.62 bits per heavy atom. The van der Waals surface area contributed by atoms with Crippen LogP contribution in [0.4, 0.5) is 0 Å². The first-order chi connectivity index (χ1) is 14.2. The summed E-state index contributed by atoms with van der Waals surface area (Å²) in [5.41, 5.74) is 4.33. The number of amides is 1. The normalized spacial score (nSPS) is 11.9. The maximum atomic E-state index is 12.8. The minimum absolute atomic E-state index is 0.0203. The zero-order valence-corrected chi connectivity index (χ0v) is 16.4. The second-order valence-electron chi connectivity index (χ2n) is 7.09. The van der Waals surface area contributed by atoms with Gasteiger partial charge in [-0.25, -0.2) is 0 Å². The first-order valence-corrected chi connectivity index (χ1v) is 9.75. The van der Waals surface area contributed by atoms with Crippen LogP contribution in [-0.4, -0.2) is 18.0 Å². The van der Waals surface area contributed by atoms with Crippen LogP contribution in [-0.2, 0) is 11.3 Å². The van der Waals surface area contributed by atoms with Crippen molar-refractivity contribution in [2.24, 2.45) is 0 Å². The van der Waals surface area contributed by atoms with Gasteiger partial charge in [0.05, 0.1) is 7.11 Å². The number of H-pyrrole nitrogens is 1. The second kappa shape index (κ2) is 8.65. The lowest BCUT2D eigenvalue weighted by atomic mass is 9.88. The molecule has 4 heteroatoms. The van der Waals surface area contributed by atoms with Gasteiger partial charge in [-0.05, 0) is 34.9 Å². The van der Waals surface area contributed by atoms with Crippen LogP contribution >= 0.6 is 0 Å². The number of carbonyl (C=O) groups is 1. The number of aromatic nitrogens is 1. The number of benzene rings is 3. The molecule has 0 radical (unpaired) electrons. The van der Waals surface area contributed by atoms with Gasteiger partial charge in [-0.1, -0.05) is 60.7 Å². The number of para-hydroxylation sites is 1. The fourth-order valence-corrected chi connectivity index (χ4v) is 3.70. The number of hydrogen-bond acceptors (Lipinski definition) is 2. The molecular formula is C25H24N2O2. The lowest BCUT2D eigenvalue weighted by molar-refractivity contribution is -0.121. The Morgan fingerprint density at radius 1 is 1.00 bits per heavy atom. The summed E-state index contributed by atoms with van der Waals surface area (Å²) in [7, 11) is 1.66. The van der Waals surface area contributed by atoms with Crippen molar-refractivity contribution in [3.63, 3.8) is 0 Å². The Labute approximate surface area is 170 Å². The molecule has 1 heterocycles. The summed E-state index contributed by atoms with van der Waals surface area (Å²) in [5.74, 6) is 0.737. The molecule has 29 heavy (non-hydrogen) atoms. The van der Waals surface area contributed by atoms with Crippen LogP contribution in [0.1, 0.15) is 29.0 Å². The van der Waals surface area contributed by atoms with Crippen molar-refractivity contribution < 1.29 is 9.53 Å². The van der Waals surface area contributed by atoms with Crippen LogP contribution in [0.2, 0.25) is 0 Å². The maximum absolute atomic E-state index is 12.8. The number of hydrogen-bond donors (Lipinski definition) is 2. The van der Waals surface area contributed by atoms with Gasteiger partial charge in [0.2, 0.25) is 5.91 Å². The molecule has 146 valence electrons. The van der Waals surface area contributed by atoms with Gasteiger partial charge in [-0.15, -0.1) is 0 Å². The van der Waals surface area contributed by atoms with Gasteiger partial charge in [0.15, 0.2) is 0 Å². The number of aromatic amines is 1. The molecule has 0 aliphatic carbocycles. The summed E-state index contributed by atoms with van der Waals surface area (Å²) in [6.07, 6.45) is 2.38. The van der Waals surface area contributed by atoms with Crippen LogP contribution in [0.15, 0.2) is 85.1 Å². The van der Waals surface area contributed by atoms with E-state index in [1.165, 1.54) is 0 Å². The first-order valence-electron chi connectivity index (χ1n) is 9.75. The summed E-state index contributed by atoms with van der Waals surface area (Å²) >= 11 is 0. The molecule has 0 saturated carbocycles. The molecular weight excluding hydrogens is 360 g/mol. The van der Waals surface area contributed by atoms with Gasteiger partial charge >= 0.3 is 0 Å². The van der Waals surface area contributed by atoms with E-state index in [1.54, 1.807) is 7.11 Å². The third-order valence-electron chi connectivity index (χ3n) is 5.21. The molecule has 0 aliphatic heterocycles. The second-order valence-corrected chi connectivity index (χ2v) is 7.09. The number of rotatable bonds is 7. The fraction of sp³-hybridized carbons (Fsp3) is 0.160. The van der Waals surface area contributed by atoms with Crippen molar-refractivity contribution in [3.8, 4) is 5.75 Å². The van der Waals surface area contributed by atoms with E-state index in [-0.39, 0.29) is 11.8 Å². The minimum Gasteiger partial charge on any atom is -0.497 e. The quantitative estimate of drug-likeness (QED) is 0.470. The average molecular weight is 384 g/mol. The number of nitrogens with one attached hydrogen (secondary N) is 2. The largest absolute Gasteiger partial charge is 0.497 e. The first kappa shape index (κ1) is 18.8. The topological polar surface area (TPSA) is 54.1 Å². The highest BCUT2D eigenvalue weighted by molar-refractivity contribution is 5.86. The third kappa shape index (κ3) is 4.32. The van der Waals surface area contributed by atoms with E-state index in [1.807, 2.05) is 66.9 Å². The van der Waals surface area contributed by atoms with Crippen LogP contribution < -0.4 is 10.1 Å². The SMILES string of the molecule is COc1cccc([C@H](CC(=O)NCc2ccccc2)c2c[nH]c3ccccc23)c1. The standard InChI is InChI=1S/C25H24N2O2/c1-29-20-11-7-10-19(14-20)22(23-17-26-24-13-6-5-12-21(23)24)15-25(28)27-16-18-8-3-2-4-9-18/h2-14,17,22,26H,15-16H2,1H3,(H,27,28)/t22-/m0/s1. The summed E-state index contributed by atoms with van der Waals surface area (Å²) in [5, 5.41) is 4.19. The Kier molecular flexibility index (Phi) is 5.61. The van der Waals surface area contributed by atoms with Crippen LogP contribution in [0.25, 0.3) is 10.9 Å². The fourth-order valence-electron chi connectivity index (χ4n) is 3.70. The molecule has 0 fully saturated rings. The van der Waals surface area contributed by atoms with Crippen molar-refractivity contribution >= 4 is 16.8 Å². The summed E-state index contributed by atoms with van der Waals surface area (Å²) in [4.78, 5) is 16.2. The maximum Gasteiger partial charge on any atom is 0.221 e. The molecule has 3 aromatic carbocycles. The number of fused-ring (bicyclic) bond motifs is 1. The zero-order valence-electron chi connectivity index (χ0n) is 16.4. The van der Waals surface area contributed by atoms with E-state index < -0.39 is 0 Å². The van der Waals surface area contributed by atoms with Gasteiger partial charge in [0.1, 0.15) is 5.75 Å². The van der Waals surface area contributed by atoms with Gasteiger partial charge in [0.25, 0.3) is 0 Å². The van der Waals surface area contributed by atoms with Gasteiger partial charge < -0.3 is 15.0 Å². The van der Waals surface area contributed by atoms with Crippen LogP contribution in [0.5, 0.6) is 5.75 Å². The molecule has 4 nitrogen and oxygen atoms in total. The number of carbonyl (C=O) groups excluding carboxylic acids is 1. The Morgan fingerprint density at radius 2 is 1.79 bits per heavy atom. The molecule has 4 rings (SSSR count). The van der Waals surface area contributed by atoms with Crippen LogP contribution in [0, 0.1) is 0 Å². The lowest BCUT2D eigenvalue weighted by Crippen LogP contribution is -2.25. The van der Waals surface area contributed by atoms with E-state index in [4.69, 9.17) is 4.74 Å². The molecule has 0 unspecified atom stereocenters. The summed E-state index contributed by atoms with van der Waals surface area (Å²) < 4.78 is 5.41. The monoisotopic (exact) mass is 384 g/mol. The third-order valence-corrected chi connectivity index (χ3v) is 5.21. The zero-order chi connectivity index (χ0) is 20.1. The molecule has 0 aliphatic rings. The van der Waals surface area contributed by atoms with E-state index in [9.17, 15) is 4.79 Å². The smallest absolute Gasteiger partial charge is 0.221 e. The molecule has 0 bridgehead atoms. The summed E-state index contributed by atoms with van der Waals surface area (Å²) in [6, 6.07) is 26.1. The van der Waals surface area contributed by atoms with Crippen molar-refractivity contribution in [1.29, 1.82) is 0 Å². The minimum atomic E-state index is -0.0722. The van der Waals surface area contributed by atoms with Crippen molar-refractivity contribution in [1.82, 2.24) is 10.3 Å². The van der Waals surface area contributed by atoms with E-state index in [0.717, 1.165) is 33.3 Å². The summed E-state index contributed by atoms with van der Waals surface area (Å²) in [6.45, 7) is 0.526. The molecule has 1 amide bonds. The molecule has 1 atom stereocenters. The molecule has 4 aromatic rings. The molecule has 1 aromatic heterocycles. The van der Waals surface area contributed by atoms with Crippen molar-refractivity contribution in [2.45, 2.75) is 18.9 Å². The molecule has 0 saturated heterocycles. The Hall–Kier alpha value is -3.53. The highest BCUT2D eigenvalue weighted by Gasteiger charge is 2.22. The Balaban J connectivity index is 1.62. The lowest BCUT2D eigenvalue weighted by Gasteiger charge is -2.18. The number of methoxy groups -OCH3 is 1. The van der Waals surface area contributed by atoms with Gasteiger partial charge in [-0.2, -0.15) is 0 Å². The highest BCUT2D eigenvalue weighted by Crippen LogP contribution is 2.34.